The van der Waals surface area contributed by atoms with Crippen LogP contribution in [0, 0.1) is 0 Å². The summed E-state index contributed by atoms with van der Waals surface area (Å²) in [5.41, 5.74) is 2.04. The number of rotatable bonds is 12. The second-order valence-corrected chi connectivity index (χ2v) is 13.1. The van der Waals surface area contributed by atoms with E-state index >= 15 is 0 Å². The van der Waals surface area contributed by atoms with E-state index in [9.17, 15) is 14.4 Å². The first-order chi connectivity index (χ1) is 15.4. The Morgan fingerprint density at radius 1 is 0.938 bits per heavy atom. The third kappa shape index (κ3) is 5.86. The topological polar surface area (TPSA) is 63.7 Å². The summed E-state index contributed by atoms with van der Waals surface area (Å²) in [5.74, 6) is -1.19. The van der Waals surface area contributed by atoms with Gasteiger partial charge in [0.1, 0.15) is 0 Å². The molecule has 2 rings (SSSR count). The summed E-state index contributed by atoms with van der Waals surface area (Å²) in [6.07, 6.45) is 10.7. The number of carbonyl (C=O) groups excluding carboxylic acids is 3. The fourth-order valence-electron chi connectivity index (χ4n) is 4.58. The smallest absolute Gasteiger partial charge is 0.338 e. The predicted molar refractivity (Wildman–Crippen MR) is 135 cm³/mol. The molecule has 0 bridgehead atoms. The minimum absolute atomic E-state index is 0.342. The van der Waals surface area contributed by atoms with Gasteiger partial charge in [-0.25, -0.2) is 9.69 Å². The lowest BCUT2D eigenvalue weighted by Gasteiger charge is -2.29. The zero-order chi connectivity index (χ0) is 23.7. The first-order valence-corrected chi connectivity index (χ1v) is 14.5. The molecule has 0 radical (unpaired) electrons. The van der Waals surface area contributed by atoms with Crippen LogP contribution in [0.5, 0.6) is 0 Å². The van der Waals surface area contributed by atoms with Crippen LogP contribution < -0.4 is 4.90 Å². The summed E-state index contributed by atoms with van der Waals surface area (Å²) in [6, 6.07) is 7.25. The molecule has 1 heterocycles. The summed E-state index contributed by atoms with van der Waals surface area (Å²) in [6.45, 7) is 8.00. The normalized spacial score (nSPS) is 15.0. The van der Waals surface area contributed by atoms with Crippen molar-refractivity contribution < 1.29 is 19.1 Å². The molecule has 6 heteroatoms. The Balaban J connectivity index is 2.67. The lowest BCUT2D eigenvalue weighted by Crippen LogP contribution is -2.32. The summed E-state index contributed by atoms with van der Waals surface area (Å²) in [7, 11) is -0.141. The highest BCUT2D eigenvalue weighted by Crippen LogP contribution is 2.62. The highest BCUT2D eigenvalue weighted by atomic mass is 31.2. The van der Waals surface area contributed by atoms with Gasteiger partial charge in [0.05, 0.1) is 48.6 Å². The number of hydrogen-bond acceptors (Lipinski definition) is 4. The van der Waals surface area contributed by atoms with Gasteiger partial charge < -0.3 is 4.74 Å². The molecular formula is C26H39NO4P+. The van der Waals surface area contributed by atoms with Crippen LogP contribution in [0.25, 0.3) is 5.57 Å². The Hall–Kier alpha value is -2.00. The SMILES string of the molecule is CCCC[P+](CCCC)(CCCC)C/C(C(=O)OC)=C1/C(=O)N(C(C)=O)c2ccccc21. The Labute approximate surface area is 193 Å². The average Bonchev–Trinajstić information content (AvgIpc) is 3.09. The first kappa shape index (κ1) is 26.3. The van der Waals surface area contributed by atoms with Gasteiger partial charge in [0.15, 0.2) is 0 Å². The van der Waals surface area contributed by atoms with Crippen LogP contribution in [-0.2, 0) is 19.1 Å². The molecule has 0 aliphatic carbocycles. The minimum Gasteiger partial charge on any atom is -0.466 e. The van der Waals surface area contributed by atoms with Crippen molar-refractivity contribution >= 4 is 36.3 Å². The number of benzene rings is 1. The van der Waals surface area contributed by atoms with Crippen molar-refractivity contribution in [1.82, 2.24) is 0 Å². The van der Waals surface area contributed by atoms with Gasteiger partial charge >= 0.3 is 5.97 Å². The number of ether oxygens (including phenoxy) is 1. The average molecular weight is 461 g/mol. The van der Waals surface area contributed by atoms with Crippen LogP contribution in [0.4, 0.5) is 5.69 Å². The summed E-state index contributed by atoms with van der Waals surface area (Å²) >= 11 is 0. The molecule has 0 fully saturated rings. The molecule has 2 amide bonds. The first-order valence-electron chi connectivity index (χ1n) is 12.0. The second-order valence-electron chi connectivity index (χ2n) is 8.75. The van der Waals surface area contributed by atoms with E-state index in [2.05, 4.69) is 20.8 Å². The number of fused-ring (bicyclic) bond motifs is 1. The molecule has 5 nitrogen and oxygen atoms in total. The number of imide groups is 1. The van der Waals surface area contributed by atoms with E-state index < -0.39 is 19.1 Å². The van der Waals surface area contributed by atoms with Gasteiger partial charge in [-0.05, 0) is 25.3 Å². The number of methoxy groups -OCH3 is 1. The van der Waals surface area contributed by atoms with E-state index in [4.69, 9.17) is 4.74 Å². The molecule has 1 aliphatic rings. The van der Waals surface area contributed by atoms with Crippen molar-refractivity contribution in [3.8, 4) is 0 Å². The molecule has 1 aromatic rings. The van der Waals surface area contributed by atoms with E-state index in [1.165, 1.54) is 18.9 Å². The third-order valence-corrected chi connectivity index (χ3v) is 11.1. The molecule has 0 unspecified atom stereocenters. The quantitative estimate of drug-likeness (QED) is 0.220. The summed E-state index contributed by atoms with van der Waals surface area (Å²) in [5, 5.41) is 0. The van der Waals surface area contributed by atoms with Crippen LogP contribution >= 0.6 is 7.26 Å². The summed E-state index contributed by atoms with van der Waals surface area (Å²) in [4.78, 5) is 40.1. The van der Waals surface area contributed by atoms with E-state index in [0.29, 0.717) is 28.6 Å². The standard InChI is InChI=1S/C26H39NO4P/c1-6-9-16-32(17-10-7-2,18-11-8-3)19-22(26(30)31-5)24-21-14-12-13-15-23(21)27(20(4)28)25(24)29/h12-15H,6-11,16-19H2,1-5H3/q+1/b24-22-. The molecule has 0 saturated carbocycles. The molecule has 176 valence electrons. The van der Waals surface area contributed by atoms with Gasteiger partial charge in [0.2, 0.25) is 5.91 Å². The lowest BCUT2D eigenvalue weighted by molar-refractivity contribution is -0.136. The largest absolute Gasteiger partial charge is 0.466 e. The number of amides is 2. The molecular weight excluding hydrogens is 421 g/mol. The van der Waals surface area contributed by atoms with Crippen molar-refractivity contribution in [3.05, 3.63) is 35.4 Å². The fraction of sp³-hybridized carbons (Fsp3) is 0.577. The maximum atomic E-state index is 13.4. The second kappa shape index (κ2) is 12.3. The number of carbonyl (C=O) groups is 3. The van der Waals surface area contributed by atoms with Crippen LogP contribution in [0.1, 0.15) is 71.8 Å². The van der Waals surface area contributed by atoms with Crippen LogP contribution in [-0.4, -0.2) is 49.5 Å². The van der Waals surface area contributed by atoms with Crippen LogP contribution in [0.2, 0.25) is 0 Å². The zero-order valence-corrected chi connectivity index (χ0v) is 21.3. The predicted octanol–water partition coefficient (Wildman–Crippen LogP) is 5.92. The van der Waals surface area contributed by atoms with Gasteiger partial charge in [-0.3, -0.25) is 9.59 Å². The number of unbranched alkanes of at least 4 members (excludes halogenated alkanes) is 3. The van der Waals surface area contributed by atoms with Crippen molar-refractivity contribution in [2.75, 3.05) is 36.7 Å². The van der Waals surface area contributed by atoms with Crippen LogP contribution in [0.15, 0.2) is 29.8 Å². The Kier molecular flexibility index (Phi) is 10.1. The Bertz CT molecular complexity index is 839. The number of anilines is 1. The molecule has 1 aliphatic heterocycles. The highest BCUT2D eigenvalue weighted by molar-refractivity contribution is 7.76. The zero-order valence-electron chi connectivity index (χ0n) is 20.4. The highest BCUT2D eigenvalue weighted by Gasteiger charge is 2.44. The molecule has 0 aromatic heterocycles. The number of para-hydroxylation sites is 1. The maximum absolute atomic E-state index is 13.4. The Morgan fingerprint density at radius 2 is 1.47 bits per heavy atom. The maximum Gasteiger partial charge on any atom is 0.338 e. The van der Waals surface area contributed by atoms with Crippen molar-refractivity contribution in [3.63, 3.8) is 0 Å². The molecule has 0 atom stereocenters. The molecule has 0 saturated heterocycles. The van der Waals surface area contributed by atoms with Crippen molar-refractivity contribution in [1.29, 1.82) is 0 Å². The van der Waals surface area contributed by atoms with Crippen LogP contribution in [0.3, 0.4) is 0 Å². The minimum atomic E-state index is -1.52. The number of nitrogens with zero attached hydrogens (tertiary/aromatic N) is 1. The van der Waals surface area contributed by atoms with E-state index in [-0.39, 0.29) is 5.91 Å². The third-order valence-electron chi connectivity index (χ3n) is 6.33. The Morgan fingerprint density at radius 3 is 1.94 bits per heavy atom. The number of hydrogen-bond donors (Lipinski definition) is 0. The van der Waals surface area contributed by atoms with Gasteiger partial charge in [0.25, 0.3) is 5.91 Å². The van der Waals surface area contributed by atoms with Gasteiger partial charge in [0, 0.05) is 19.7 Å². The fourth-order valence-corrected chi connectivity index (χ4v) is 9.64. The van der Waals surface area contributed by atoms with Gasteiger partial charge in [-0.1, -0.05) is 58.2 Å². The molecule has 1 aromatic carbocycles. The number of esters is 1. The lowest BCUT2D eigenvalue weighted by atomic mass is 10.0. The molecule has 32 heavy (non-hydrogen) atoms. The van der Waals surface area contributed by atoms with Gasteiger partial charge in [-0.2, -0.15) is 0 Å². The van der Waals surface area contributed by atoms with E-state index in [0.717, 1.165) is 57.0 Å². The summed E-state index contributed by atoms with van der Waals surface area (Å²) < 4.78 is 5.21. The van der Waals surface area contributed by atoms with E-state index in [1.807, 2.05) is 18.2 Å². The van der Waals surface area contributed by atoms with E-state index in [1.54, 1.807) is 6.07 Å². The molecule has 0 N–H and O–H groups in total. The van der Waals surface area contributed by atoms with Gasteiger partial charge in [-0.15, -0.1) is 0 Å². The van der Waals surface area contributed by atoms with Crippen molar-refractivity contribution in [2.24, 2.45) is 0 Å². The van der Waals surface area contributed by atoms with Crippen molar-refractivity contribution in [2.45, 2.75) is 66.2 Å². The monoisotopic (exact) mass is 460 g/mol. The molecule has 0 spiro atoms.